The molecule has 2 rings (SSSR count). The van der Waals surface area contributed by atoms with Gasteiger partial charge in [-0.25, -0.2) is 0 Å². The summed E-state index contributed by atoms with van der Waals surface area (Å²) in [7, 11) is 0. The van der Waals surface area contributed by atoms with Crippen molar-refractivity contribution in [2.45, 2.75) is 70.4 Å². The first-order chi connectivity index (χ1) is 9.16. The SMILES string of the molecule is CC(=O)CC1CCCCN1C(=O)CC1CCCCO1. The second-order valence-corrected chi connectivity index (χ2v) is 5.84. The maximum absolute atomic E-state index is 12.4. The molecule has 2 atom stereocenters. The summed E-state index contributed by atoms with van der Waals surface area (Å²) in [6, 6.07) is 0.127. The first-order valence-corrected chi connectivity index (χ1v) is 7.57. The van der Waals surface area contributed by atoms with Crippen LogP contribution >= 0.6 is 0 Å². The summed E-state index contributed by atoms with van der Waals surface area (Å²) in [6.45, 7) is 3.21. The Bertz CT molecular complexity index is 323. The predicted octanol–water partition coefficient (Wildman–Crippen LogP) is 2.31. The van der Waals surface area contributed by atoms with Crippen LogP contribution in [0, 0.1) is 0 Å². The molecule has 0 spiro atoms. The monoisotopic (exact) mass is 267 g/mol. The highest BCUT2D eigenvalue weighted by Crippen LogP contribution is 2.23. The van der Waals surface area contributed by atoms with Gasteiger partial charge in [-0.1, -0.05) is 0 Å². The van der Waals surface area contributed by atoms with Crippen molar-refractivity contribution in [3.8, 4) is 0 Å². The molecule has 2 aliphatic rings. The number of ketones is 1. The van der Waals surface area contributed by atoms with Crippen LogP contribution < -0.4 is 0 Å². The molecule has 2 aliphatic heterocycles. The fourth-order valence-electron chi connectivity index (χ4n) is 3.15. The number of carbonyl (C=O) groups is 2. The van der Waals surface area contributed by atoms with Gasteiger partial charge in [0, 0.05) is 25.6 Å². The summed E-state index contributed by atoms with van der Waals surface area (Å²) in [6.07, 6.45) is 7.53. The molecule has 0 saturated carbocycles. The first kappa shape index (κ1) is 14.5. The van der Waals surface area contributed by atoms with Crippen LogP contribution in [0.25, 0.3) is 0 Å². The van der Waals surface area contributed by atoms with Gasteiger partial charge in [-0.15, -0.1) is 0 Å². The molecule has 2 unspecified atom stereocenters. The fraction of sp³-hybridized carbons (Fsp3) is 0.867. The Morgan fingerprint density at radius 2 is 1.89 bits per heavy atom. The van der Waals surface area contributed by atoms with Crippen LogP contribution in [-0.4, -0.2) is 41.9 Å². The minimum absolute atomic E-state index is 0.0983. The molecule has 0 aromatic rings. The molecule has 108 valence electrons. The maximum atomic E-state index is 12.4. The number of ether oxygens (including phenoxy) is 1. The Kier molecular flexibility index (Phi) is 5.37. The van der Waals surface area contributed by atoms with Gasteiger partial charge in [0.05, 0.1) is 12.5 Å². The van der Waals surface area contributed by atoms with Gasteiger partial charge in [0.2, 0.25) is 5.91 Å². The van der Waals surface area contributed by atoms with Crippen LogP contribution in [0.4, 0.5) is 0 Å². The maximum Gasteiger partial charge on any atom is 0.225 e. The number of likely N-dealkylation sites (tertiary alicyclic amines) is 1. The van der Waals surface area contributed by atoms with Crippen molar-refractivity contribution in [3.63, 3.8) is 0 Å². The number of nitrogens with zero attached hydrogens (tertiary/aromatic N) is 1. The van der Waals surface area contributed by atoms with Crippen molar-refractivity contribution in [3.05, 3.63) is 0 Å². The molecule has 2 fully saturated rings. The Morgan fingerprint density at radius 3 is 2.58 bits per heavy atom. The van der Waals surface area contributed by atoms with Crippen molar-refractivity contribution < 1.29 is 14.3 Å². The summed E-state index contributed by atoms with van der Waals surface area (Å²) >= 11 is 0. The Hall–Kier alpha value is -0.900. The van der Waals surface area contributed by atoms with Gasteiger partial charge in [0.1, 0.15) is 5.78 Å². The second-order valence-electron chi connectivity index (χ2n) is 5.84. The summed E-state index contributed by atoms with van der Waals surface area (Å²) in [5, 5.41) is 0. The van der Waals surface area contributed by atoms with E-state index in [9.17, 15) is 9.59 Å². The standard InChI is InChI=1S/C15H25NO3/c1-12(17)10-13-6-2-4-8-16(13)15(18)11-14-7-3-5-9-19-14/h13-14H,2-11H2,1H3. The van der Waals surface area contributed by atoms with Crippen LogP contribution in [0.15, 0.2) is 0 Å². The highest BCUT2D eigenvalue weighted by Gasteiger charge is 2.29. The summed E-state index contributed by atoms with van der Waals surface area (Å²) in [5.41, 5.74) is 0. The van der Waals surface area contributed by atoms with E-state index in [0.717, 1.165) is 51.7 Å². The number of amides is 1. The molecule has 0 aromatic carbocycles. The number of carbonyl (C=O) groups excluding carboxylic acids is 2. The van der Waals surface area contributed by atoms with Crippen LogP contribution in [0.3, 0.4) is 0 Å². The van der Waals surface area contributed by atoms with Crippen LogP contribution in [-0.2, 0) is 14.3 Å². The molecule has 4 nitrogen and oxygen atoms in total. The Morgan fingerprint density at radius 1 is 1.11 bits per heavy atom. The molecular formula is C15H25NO3. The zero-order valence-corrected chi connectivity index (χ0v) is 11.9. The minimum Gasteiger partial charge on any atom is -0.378 e. The molecule has 2 heterocycles. The third-order valence-electron chi connectivity index (χ3n) is 4.15. The summed E-state index contributed by atoms with van der Waals surface area (Å²) in [5.74, 6) is 0.358. The van der Waals surface area contributed by atoms with Crippen molar-refractivity contribution in [1.29, 1.82) is 0 Å². The van der Waals surface area contributed by atoms with Crippen LogP contribution in [0.1, 0.15) is 58.3 Å². The number of hydrogen-bond acceptors (Lipinski definition) is 3. The van der Waals surface area contributed by atoms with Gasteiger partial charge in [-0.2, -0.15) is 0 Å². The Balaban J connectivity index is 1.88. The van der Waals surface area contributed by atoms with E-state index >= 15 is 0 Å². The van der Waals surface area contributed by atoms with Crippen molar-refractivity contribution >= 4 is 11.7 Å². The second kappa shape index (κ2) is 7.04. The lowest BCUT2D eigenvalue weighted by atomic mass is 9.96. The molecule has 4 heteroatoms. The predicted molar refractivity (Wildman–Crippen MR) is 72.9 cm³/mol. The fourth-order valence-corrected chi connectivity index (χ4v) is 3.15. The first-order valence-electron chi connectivity index (χ1n) is 7.57. The van der Waals surface area contributed by atoms with Gasteiger partial charge in [-0.3, -0.25) is 9.59 Å². The molecule has 0 bridgehead atoms. The van der Waals surface area contributed by atoms with E-state index in [1.54, 1.807) is 6.92 Å². The number of rotatable bonds is 4. The van der Waals surface area contributed by atoms with Gasteiger partial charge in [0.25, 0.3) is 0 Å². The molecule has 19 heavy (non-hydrogen) atoms. The van der Waals surface area contributed by atoms with E-state index in [1.165, 1.54) is 0 Å². The van der Waals surface area contributed by atoms with Crippen molar-refractivity contribution in [1.82, 2.24) is 4.90 Å². The van der Waals surface area contributed by atoms with E-state index in [4.69, 9.17) is 4.74 Å². The highest BCUT2D eigenvalue weighted by atomic mass is 16.5. The lowest BCUT2D eigenvalue weighted by Gasteiger charge is -2.36. The smallest absolute Gasteiger partial charge is 0.225 e. The largest absolute Gasteiger partial charge is 0.378 e. The van der Waals surface area contributed by atoms with Gasteiger partial charge in [0.15, 0.2) is 0 Å². The normalized spacial score (nSPS) is 28.2. The zero-order valence-electron chi connectivity index (χ0n) is 11.9. The lowest BCUT2D eigenvalue weighted by Crippen LogP contribution is -2.45. The molecule has 0 N–H and O–H groups in total. The van der Waals surface area contributed by atoms with Gasteiger partial charge in [-0.05, 0) is 45.4 Å². The lowest BCUT2D eigenvalue weighted by molar-refractivity contribution is -0.139. The van der Waals surface area contributed by atoms with Crippen molar-refractivity contribution in [2.75, 3.05) is 13.2 Å². The molecule has 2 saturated heterocycles. The molecule has 0 aliphatic carbocycles. The molecule has 0 radical (unpaired) electrons. The van der Waals surface area contributed by atoms with Gasteiger partial charge < -0.3 is 9.64 Å². The molecule has 0 aromatic heterocycles. The quantitative estimate of drug-likeness (QED) is 0.785. The zero-order chi connectivity index (χ0) is 13.7. The van der Waals surface area contributed by atoms with Crippen LogP contribution in [0.2, 0.25) is 0 Å². The van der Waals surface area contributed by atoms with Crippen LogP contribution in [0.5, 0.6) is 0 Å². The third-order valence-corrected chi connectivity index (χ3v) is 4.15. The summed E-state index contributed by atoms with van der Waals surface area (Å²) < 4.78 is 5.64. The Labute approximate surface area is 115 Å². The van der Waals surface area contributed by atoms with E-state index in [2.05, 4.69) is 0 Å². The van der Waals surface area contributed by atoms with E-state index in [1.807, 2.05) is 4.90 Å². The van der Waals surface area contributed by atoms with Gasteiger partial charge >= 0.3 is 0 Å². The number of piperidine rings is 1. The average Bonchev–Trinajstić information content (AvgIpc) is 2.39. The topological polar surface area (TPSA) is 46.6 Å². The average molecular weight is 267 g/mol. The molecular weight excluding hydrogens is 242 g/mol. The minimum atomic E-state index is 0.0983. The van der Waals surface area contributed by atoms with Crippen molar-refractivity contribution in [2.24, 2.45) is 0 Å². The van der Waals surface area contributed by atoms with E-state index in [-0.39, 0.29) is 23.8 Å². The highest BCUT2D eigenvalue weighted by molar-refractivity contribution is 5.80. The summed E-state index contributed by atoms with van der Waals surface area (Å²) in [4.78, 5) is 25.6. The number of Topliss-reactive ketones (excluding diaryl/α,β-unsaturated/α-hetero) is 1. The number of hydrogen-bond donors (Lipinski definition) is 0. The third kappa shape index (κ3) is 4.30. The van der Waals surface area contributed by atoms with E-state index in [0.29, 0.717) is 12.8 Å². The molecule has 1 amide bonds. The van der Waals surface area contributed by atoms with E-state index < -0.39 is 0 Å².